The zero-order chi connectivity index (χ0) is 20.3. The van der Waals surface area contributed by atoms with Crippen LogP contribution in [-0.2, 0) is 19.7 Å². The zero-order valence-electron chi connectivity index (χ0n) is 16.9. The molecule has 1 amide bonds. The van der Waals surface area contributed by atoms with Gasteiger partial charge in [-0.2, -0.15) is 0 Å². The number of aliphatic hydroxyl groups is 1. The van der Waals surface area contributed by atoms with E-state index in [1.54, 1.807) is 7.05 Å². The molecule has 0 spiro atoms. The molecule has 1 aromatic carbocycles. The van der Waals surface area contributed by atoms with Crippen LogP contribution in [0.1, 0.15) is 39.8 Å². The maximum absolute atomic E-state index is 12.3. The van der Waals surface area contributed by atoms with Crippen LogP contribution >= 0.6 is 0 Å². The number of likely N-dealkylation sites (tertiary alicyclic amines) is 1. The molecule has 1 N–H and O–H groups in total. The van der Waals surface area contributed by atoms with Crippen molar-refractivity contribution in [3.8, 4) is 11.5 Å². The lowest BCUT2D eigenvalue weighted by atomic mass is 9.78. The van der Waals surface area contributed by atoms with Crippen LogP contribution in [0.15, 0.2) is 34.9 Å². The standard InChI is InChI=1S/C20H25BN2O5/c1-18(2)19(3,4)28-21(27-18)14-8-6-7-13(11-14)16-22-15(12-26-16)20(25)9-10-23(5)17(20)24/h6-8,11-12,25H,9-10H2,1-5H3. The van der Waals surface area contributed by atoms with Crippen LogP contribution in [0.2, 0.25) is 0 Å². The summed E-state index contributed by atoms with van der Waals surface area (Å²) < 4.78 is 17.8. The highest BCUT2D eigenvalue weighted by molar-refractivity contribution is 6.62. The van der Waals surface area contributed by atoms with Gasteiger partial charge in [0.1, 0.15) is 12.0 Å². The number of aromatic nitrogens is 1. The van der Waals surface area contributed by atoms with Crippen molar-refractivity contribution in [2.24, 2.45) is 0 Å². The lowest BCUT2D eigenvalue weighted by Crippen LogP contribution is -2.41. The molecule has 1 atom stereocenters. The fourth-order valence-corrected chi connectivity index (χ4v) is 3.49. The van der Waals surface area contributed by atoms with Crippen molar-refractivity contribution in [3.63, 3.8) is 0 Å². The van der Waals surface area contributed by atoms with E-state index in [4.69, 9.17) is 13.7 Å². The van der Waals surface area contributed by atoms with Crippen LogP contribution in [0.4, 0.5) is 0 Å². The molecule has 0 bridgehead atoms. The first-order valence-corrected chi connectivity index (χ1v) is 9.43. The van der Waals surface area contributed by atoms with Gasteiger partial charge in [-0.3, -0.25) is 4.79 Å². The third kappa shape index (κ3) is 2.87. The van der Waals surface area contributed by atoms with Crippen molar-refractivity contribution < 1.29 is 23.6 Å². The van der Waals surface area contributed by atoms with Crippen LogP contribution < -0.4 is 5.46 Å². The molecule has 0 saturated carbocycles. The van der Waals surface area contributed by atoms with Gasteiger partial charge in [-0.05, 0) is 45.3 Å². The molecule has 28 heavy (non-hydrogen) atoms. The van der Waals surface area contributed by atoms with Gasteiger partial charge in [-0.25, -0.2) is 4.98 Å². The molecule has 8 heteroatoms. The minimum absolute atomic E-state index is 0.234. The Balaban J connectivity index is 1.62. The Morgan fingerprint density at radius 1 is 1.18 bits per heavy atom. The van der Waals surface area contributed by atoms with Gasteiger partial charge in [-0.15, -0.1) is 0 Å². The SMILES string of the molecule is CN1CCC(O)(c2coc(-c3cccc(B4OC(C)(C)C(C)(C)O4)c3)n2)C1=O. The third-order valence-electron chi connectivity index (χ3n) is 6.10. The molecule has 4 rings (SSSR count). The number of likely N-dealkylation sites (N-methyl/N-ethyl adjacent to an activating group) is 1. The topological polar surface area (TPSA) is 85.0 Å². The fraction of sp³-hybridized carbons (Fsp3) is 0.500. The Labute approximate surface area is 164 Å². The second kappa shape index (κ2) is 6.17. The van der Waals surface area contributed by atoms with Crippen molar-refractivity contribution >= 4 is 18.5 Å². The summed E-state index contributed by atoms with van der Waals surface area (Å²) >= 11 is 0. The maximum Gasteiger partial charge on any atom is 0.494 e. The minimum Gasteiger partial charge on any atom is -0.444 e. The first-order valence-electron chi connectivity index (χ1n) is 9.43. The molecule has 2 aliphatic heterocycles. The highest BCUT2D eigenvalue weighted by Crippen LogP contribution is 2.37. The van der Waals surface area contributed by atoms with Gasteiger partial charge in [-0.1, -0.05) is 12.1 Å². The van der Waals surface area contributed by atoms with E-state index in [1.165, 1.54) is 11.2 Å². The summed E-state index contributed by atoms with van der Waals surface area (Å²) in [6, 6.07) is 7.56. The normalized spacial score (nSPS) is 26.3. The zero-order valence-corrected chi connectivity index (χ0v) is 16.9. The van der Waals surface area contributed by atoms with Crippen molar-refractivity contribution in [2.45, 2.75) is 50.9 Å². The summed E-state index contributed by atoms with van der Waals surface area (Å²) in [7, 11) is 1.17. The van der Waals surface area contributed by atoms with Crippen molar-refractivity contribution in [1.82, 2.24) is 9.88 Å². The van der Waals surface area contributed by atoms with Gasteiger partial charge in [0.15, 0.2) is 5.60 Å². The second-order valence-electron chi connectivity index (χ2n) is 8.59. The van der Waals surface area contributed by atoms with Gasteiger partial charge in [0.25, 0.3) is 5.91 Å². The number of oxazole rings is 1. The largest absolute Gasteiger partial charge is 0.494 e. The van der Waals surface area contributed by atoms with Crippen LogP contribution in [0.25, 0.3) is 11.5 Å². The van der Waals surface area contributed by atoms with E-state index in [9.17, 15) is 9.90 Å². The molecule has 2 saturated heterocycles. The average Bonchev–Trinajstić information content (AvgIpc) is 3.29. The number of amides is 1. The summed E-state index contributed by atoms with van der Waals surface area (Å²) in [5.41, 5.74) is -0.672. The summed E-state index contributed by atoms with van der Waals surface area (Å²) in [4.78, 5) is 18.2. The highest BCUT2D eigenvalue weighted by Gasteiger charge is 2.52. The van der Waals surface area contributed by atoms with E-state index in [2.05, 4.69) is 4.98 Å². The molecular weight excluding hydrogens is 359 g/mol. The Bertz CT molecular complexity index is 909. The number of hydrogen-bond acceptors (Lipinski definition) is 6. The van der Waals surface area contributed by atoms with E-state index in [0.29, 0.717) is 18.9 Å². The van der Waals surface area contributed by atoms with Gasteiger partial charge >= 0.3 is 7.12 Å². The van der Waals surface area contributed by atoms with Gasteiger partial charge in [0, 0.05) is 25.6 Å². The molecule has 3 heterocycles. The van der Waals surface area contributed by atoms with Crippen LogP contribution in [0.5, 0.6) is 0 Å². The maximum atomic E-state index is 12.3. The van der Waals surface area contributed by atoms with Crippen LogP contribution in [0, 0.1) is 0 Å². The molecule has 2 aromatic rings. The van der Waals surface area contributed by atoms with E-state index in [1.807, 2.05) is 52.0 Å². The minimum atomic E-state index is -1.63. The van der Waals surface area contributed by atoms with Crippen LogP contribution in [-0.4, -0.2) is 52.8 Å². The molecule has 0 radical (unpaired) electrons. The van der Waals surface area contributed by atoms with Crippen molar-refractivity contribution in [3.05, 3.63) is 36.2 Å². The monoisotopic (exact) mass is 384 g/mol. The Kier molecular flexibility index (Phi) is 4.23. The number of benzene rings is 1. The number of nitrogens with zero attached hydrogens (tertiary/aromatic N) is 2. The first-order chi connectivity index (χ1) is 13.0. The highest BCUT2D eigenvalue weighted by atomic mass is 16.7. The smallest absolute Gasteiger partial charge is 0.444 e. The summed E-state index contributed by atoms with van der Waals surface area (Å²) in [6.45, 7) is 8.51. The van der Waals surface area contributed by atoms with Crippen LogP contribution in [0.3, 0.4) is 0 Å². The summed E-state index contributed by atoms with van der Waals surface area (Å²) in [5, 5.41) is 10.8. The van der Waals surface area contributed by atoms with E-state index in [0.717, 1.165) is 11.0 Å². The molecule has 148 valence electrons. The van der Waals surface area contributed by atoms with Gasteiger partial charge < -0.3 is 23.7 Å². The lowest BCUT2D eigenvalue weighted by Gasteiger charge is -2.32. The molecule has 2 aliphatic rings. The van der Waals surface area contributed by atoms with E-state index >= 15 is 0 Å². The Morgan fingerprint density at radius 2 is 1.86 bits per heavy atom. The predicted molar refractivity (Wildman–Crippen MR) is 104 cm³/mol. The molecule has 1 aromatic heterocycles. The van der Waals surface area contributed by atoms with Gasteiger partial charge in [0.05, 0.1) is 11.2 Å². The summed E-state index contributed by atoms with van der Waals surface area (Å²) in [6.07, 6.45) is 1.65. The van der Waals surface area contributed by atoms with Gasteiger partial charge in [0.2, 0.25) is 5.89 Å². The quantitative estimate of drug-likeness (QED) is 0.811. The molecular formula is C20H25BN2O5. The number of carbonyl (C=O) groups is 1. The Morgan fingerprint density at radius 3 is 2.46 bits per heavy atom. The summed E-state index contributed by atoms with van der Waals surface area (Å²) in [5.74, 6) is -0.0255. The Hall–Kier alpha value is -2.16. The van der Waals surface area contributed by atoms with Crippen molar-refractivity contribution in [2.75, 3.05) is 13.6 Å². The third-order valence-corrected chi connectivity index (χ3v) is 6.10. The fourth-order valence-electron chi connectivity index (χ4n) is 3.49. The predicted octanol–water partition coefficient (Wildman–Crippen LogP) is 1.69. The second-order valence-corrected chi connectivity index (χ2v) is 8.59. The molecule has 7 nitrogen and oxygen atoms in total. The van der Waals surface area contributed by atoms with E-state index < -0.39 is 23.9 Å². The van der Waals surface area contributed by atoms with Crippen molar-refractivity contribution in [1.29, 1.82) is 0 Å². The molecule has 0 aliphatic carbocycles. The number of carbonyl (C=O) groups excluding carboxylic acids is 1. The average molecular weight is 384 g/mol. The molecule has 2 fully saturated rings. The number of rotatable bonds is 3. The first kappa shape index (κ1) is 19.2. The molecule has 1 unspecified atom stereocenters. The lowest BCUT2D eigenvalue weighted by molar-refractivity contribution is -0.143. The van der Waals surface area contributed by atoms with E-state index in [-0.39, 0.29) is 11.6 Å². The number of hydrogen-bond donors (Lipinski definition) is 1.